The highest BCUT2D eigenvalue weighted by molar-refractivity contribution is 7.10. The third kappa shape index (κ3) is 4.01. The number of rotatable bonds is 8. The molecule has 4 aromatic heterocycles. The molecular formula is C17H18N6O2S2. The standard InChI is InChI=1S/C17H18N6O2S2/c24-16-20-18-14(10-12-4-1-8-26-12)22(16)6-3-7-23-15(19-21-17(23)25)11-13-5-2-9-27-13/h1-2,4-5,8-9H,3,6-7,10-11H2,(H,20,24)(H,21,25). The van der Waals surface area contributed by atoms with E-state index in [-0.39, 0.29) is 11.4 Å². The SMILES string of the molecule is O=c1[nH]nc(Cc2cccs2)n1CCCn1c(Cc2cccs2)n[nH]c1=O. The summed E-state index contributed by atoms with van der Waals surface area (Å²) in [6.45, 7) is 0.984. The molecule has 140 valence electrons. The lowest BCUT2D eigenvalue weighted by Gasteiger charge is -2.07. The summed E-state index contributed by atoms with van der Waals surface area (Å²) in [6, 6.07) is 8.01. The van der Waals surface area contributed by atoms with Gasteiger partial charge in [-0.05, 0) is 29.3 Å². The average Bonchev–Trinajstić information content (AvgIpc) is 3.44. The van der Waals surface area contributed by atoms with E-state index in [0.29, 0.717) is 44.0 Å². The number of hydrogen-bond donors (Lipinski definition) is 2. The van der Waals surface area contributed by atoms with E-state index in [1.54, 1.807) is 31.8 Å². The Labute approximate surface area is 162 Å². The zero-order chi connectivity index (χ0) is 18.6. The molecule has 0 aliphatic heterocycles. The summed E-state index contributed by atoms with van der Waals surface area (Å²) in [4.78, 5) is 26.4. The topological polar surface area (TPSA) is 101 Å². The second-order valence-corrected chi connectivity index (χ2v) is 8.12. The van der Waals surface area contributed by atoms with Gasteiger partial charge >= 0.3 is 11.4 Å². The van der Waals surface area contributed by atoms with Gasteiger partial charge in [0.05, 0.1) is 0 Å². The van der Waals surface area contributed by atoms with E-state index in [0.717, 1.165) is 9.75 Å². The van der Waals surface area contributed by atoms with Gasteiger partial charge in [-0.1, -0.05) is 12.1 Å². The van der Waals surface area contributed by atoms with Crippen LogP contribution in [0.1, 0.15) is 27.8 Å². The summed E-state index contributed by atoms with van der Waals surface area (Å²) in [6.07, 6.45) is 1.87. The van der Waals surface area contributed by atoms with E-state index < -0.39 is 0 Å². The summed E-state index contributed by atoms with van der Waals surface area (Å²) in [5, 5.41) is 17.3. The molecule has 0 saturated heterocycles. The van der Waals surface area contributed by atoms with Crippen molar-refractivity contribution in [3.05, 3.63) is 77.4 Å². The van der Waals surface area contributed by atoms with E-state index >= 15 is 0 Å². The van der Waals surface area contributed by atoms with Crippen LogP contribution in [-0.2, 0) is 25.9 Å². The maximum absolute atomic E-state index is 12.1. The quantitative estimate of drug-likeness (QED) is 0.470. The Hall–Kier alpha value is -2.72. The van der Waals surface area contributed by atoms with E-state index in [9.17, 15) is 9.59 Å². The van der Waals surface area contributed by atoms with Gasteiger partial charge in [0.2, 0.25) is 0 Å². The highest BCUT2D eigenvalue weighted by atomic mass is 32.1. The Morgan fingerprint density at radius 1 is 0.815 bits per heavy atom. The van der Waals surface area contributed by atoms with Gasteiger partial charge in [-0.15, -0.1) is 22.7 Å². The molecule has 0 amide bonds. The maximum Gasteiger partial charge on any atom is 0.343 e. The Kier molecular flexibility index (Phi) is 5.16. The van der Waals surface area contributed by atoms with Crippen LogP contribution in [0.2, 0.25) is 0 Å². The van der Waals surface area contributed by atoms with Crippen LogP contribution in [0.4, 0.5) is 0 Å². The van der Waals surface area contributed by atoms with Crippen LogP contribution < -0.4 is 11.4 Å². The molecule has 0 radical (unpaired) electrons. The molecule has 0 fully saturated rings. The fourth-order valence-electron chi connectivity index (χ4n) is 2.96. The molecule has 0 aliphatic carbocycles. The summed E-state index contributed by atoms with van der Waals surface area (Å²) in [7, 11) is 0. The van der Waals surface area contributed by atoms with Crippen molar-refractivity contribution in [3.63, 3.8) is 0 Å². The number of aromatic amines is 2. The number of thiophene rings is 2. The molecule has 0 saturated carbocycles. The Morgan fingerprint density at radius 2 is 1.30 bits per heavy atom. The molecule has 0 unspecified atom stereocenters. The Morgan fingerprint density at radius 3 is 1.70 bits per heavy atom. The molecule has 8 nitrogen and oxygen atoms in total. The van der Waals surface area contributed by atoms with Gasteiger partial charge in [0.1, 0.15) is 11.6 Å². The molecule has 4 aromatic rings. The van der Waals surface area contributed by atoms with Crippen LogP contribution in [0.5, 0.6) is 0 Å². The number of nitrogens with zero attached hydrogens (tertiary/aromatic N) is 4. The van der Waals surface area contributed by atoms with Crippen LogP contribution in [0.3, 0.4) is 0 Å². The van der Waals surface area contributed by atoms with Gasteiger partial charge in [-0.25, -0.2) is 19.8 Å². The fraction of sp³-hybridized carbons (Fsp3) is 0.294. The van der Waals surface area contributed by atoms with E-state index in [2.05, 4.69) is 20.4 Å². The van der Waals surface area contributed by atoms with Crippen LogP contribution in [-0.4, -0.2) is 29.5 Å². The van der Waals surface area contributed by atoms with Crippen molar-refractivity contribution < 1.29 is 0 Å². The second kappa shape index (κ2) is 7.89. The molecule has 4 heterocycles. The van der Waals surface area contributed by atoms with Crippen molar-refractivity contribution in [2.75, 3.05) is 0 Å². The molecule has 10 heteroatoms. The average molecular weight is 403 g/mol. The van der Waals surface area contributed by atoms with Crippen molar-refractivity contribution in [1.82, 2.24) is 29.5 Å². The predicted octanol–water partition coefficient (Wildman–Crippen LogP) is 1.85. The third-order valence-electron chi connectivity index (χ3n) is 4.26. The first-order valence-corrected chi connectivity index (χ1v) is 10.3. The summed E-state index contributed by atoms with van der Waals surface area (Å²) in [5.74, 6) is 1.42. The minimum atomic E-state index is -0.222. The van der Waals surface area contributed by atoms with Gasteiger partial charge in [0.25, 0.3) is 0 Å². The smallest absolute Gasteiger partial charge is 0.279 e. The molecule has 0 aliphatic rings. The molecular weight excluding hydrogens is 384 g/mol. The van der Waals surface area contributed by atoms with Gasteiger partial charge in [-0.3, -0.25) is 9.13 Å². The van der Waals surface area contributed by atoms with Crippen LogP contribution in [0.25, 0.3) is 0 Å². The monoisotopic (exact) mass is 402 g/mol. The normalized spacial score (nSPS) is 11.3. The fourth-order valence-corrected chi connectivity index (χ4v) is 4.36. The summed E-state index contributed by atoms with van der Waals surface area (Å²) < 4.78 is 3.29. The number of hydrogen-bond acceptors (Lipinski definition) is 6. The molecule has 0 aromatic carbocycles. The minimum Gasteiger partial charge on any atom is -0.279 e. The highest BCUT2D eigenvalue weighted by Gasteiger charge is 2.12. The van der Waals surface area contributed by atoms with Gasteiger partial charge in [0, 0.05) is 35.7 Å². The maximum atomic E-state index is 12.1. The Bertz CT molecular complexity index is 1010. The number of H-pyrrole nitrogens is 2. The van der Waals surface area contributed by atoms with Crippen molar-refractivity contribution in [3.8, 4) is 0 Å². The van der Waals surface area contributed by atoms with Gasteiger partial charge in [-0.2, -0.15) is 10.2 Å². The number of nitrogens with one attached hydrogen (secondary N) is 2. The zero-order valence-electron chi connectivity index (χ0n) is 14.4. The summed E-state index contributed by atoms with van der Waals surface area (Å²) >= 11 is 3.27. The van der Waals surface area contributed by atoms with Crippen molar-refractivity contribution in [2.45, 2.75) is 32.4 Å². The molecule has 4 rings (SSSR count). The van der Waals surface area contributed by atoms with Crippen LogP contribution in [0.15, 0.2) is 44.6 Å². The van der Waals surface area contributed by atoms with Crippen LogP contribution in [0, 0.1) is 0 Å². The van der Waals surface area contributed by atoms with E-state index in [1.807, 2.05) is 35.0 Å². The lowest BCUT2D eigenvalue weighted by atomic mass is 10.3. The lowest BCUT2D eigenvalue weighted by Crippen LogP contribution is -2.23. The van der Waals surface area contributed by atoms with Crippen molar-refractivity contribution >= 4 is 22.7 Å². The first kappa shape index (κ1) is 17.7. The van der Waals surface area contributed by atoms with Crippen molar-refractivity contribution in [1.29, 1.82) is 0 Å². The molecule has 0 bridgehead atoms. The second-order valence-electron chi connectivity index (χ2n) is 6.06. The summed E-state index contributed by atoms with van der Waals surface area (Å²) in [5.41, 5.74) is -0.445. The van der Waals surface area contributed by atoms with E-state index in [1.165, 1.54) is 0 Å². The highest BCUT2D eigenvalue weighted by Crippen LogP contribution is 2.14. The van der Waals surface area contributed by atoms with Gasteiger partial charge in [0.15, 0.2) is 0 Å². The molecule has 0 atom stereocenters. The van der Waals surface area contributed by atoms with Crippen molar-refractivity contribution in [2.24, 2.45) is 0 Å². The number of aromatic nitrogens is 6. The van der Waals surface area contributed by atoms with Gasteiger partial charge < -0.3 is 0 Å². The first-order valence-electron chi connectivity index (χ1n) is 8.53. The zero-order valence-corrected chi connectivity index (χ0v) is 16.1. The first-order chi connectivity index (χ1) is 13.2. The molecule has 0 spiro atoms. The lowest BCUT2D eigenvalue weighted by molar-refractivity contribution is 0.525. The predicted molar refractivity (Wildman–Crippen MR) is 105 cm³/mol. The Balaban J connectivity index is 1.44. The largest absolute Gasteiger partial charge is 0.343 e. The third-order valence-corrected chi connectivity index (χ3v) is 6.02. The molecule has 2 N–H and O–H groups in total. The minimum absolute atomic E-state index is 0.222. The van der Waals surface area contributed by atoms with Crippen LogP contribution >= 0.6 is 22.7 Å². The van der Waals surface area contributed by atoms with E-state index in [4.69, 9.17) is 0 Å². The molecule has 27 heavy (non-hydrogen) atoms.